The highest BCUT2D eigenvalue weighted by Gasteiger charge is 2.28. The first-order valence-electron chi connectivity index (χ1n) is 8.44. The average Bonchev–Trinajstić information content (AvgIpc) is 2.63. The quantitative estimate of drug-likeness (QED) is 0.870. The van der Waals surface area contributed by atoms with E-state index in [4.69, 9.17) is 0 Å². The van der Waals surface area contributed by atoms with Crippen LogP contribution in [-0.2, 0) is 32.5 Å². The smallest absolute Gasteiger partial charge is 0.264 e. The molecule has 0 saturated heterocycles. The highest BCUT2D eigenvalue weighted by molar-refractivity contribution is 7.90. The van der Waals surface area contributed by atoms with Gasteiger partial charge in [-0.2, -0.15) is 0 Å². The number of nitrogens with one attached hydrogen (secondary N) is 1. The molecule has 2 aromatic rings. The van der Waals surface area contributed by atoms with Crippen molar-refractivity contribution in [2.45, 2.75) is 31.1 Å². The molecule has 1 aliphatic heterocycles. The van der Waals surface area contributed by atoms with E-state index in [1.807, 2.05) is 19.1 Å². The molecule has 3 rings (SSSR count). The van der Waals surface area contributed by atoms with Gasteiger partial charge in [-0.1, -0.05) is 43.3 Å². The number of sulfonamides is 1. The van der Waals surface area contributed by atoms with Gasteiger partial charge >= 0.3 is 0 Å². The summed E-state index contributed by atoms with van der Waals surface area (Å²) in [5.41, 5.74) is 2.26. The average molecular weight is 372 g/mol. The zero-order valence-corrected chi connectivity index (χ0v) is 15.3. The summed E-state index contributed by atoms with van der Waals surface area (Å²) >= 11 is 0. The van der Waals surface area contributed by atoms with Crippen molar-refractivity contribution in [3.05, 3.63) is 59.7 Å². The molecule has 0 unspecified atom stereocenters. The fourth-order valence-electron chi connectivity index (χ4n) is 3.11. The summed E-state index contributed by atoms with van der Waals surface area (Å²) < 4.78 is 27.2. The summed E-state index contributed by atoms with van der Waals surface area (Å²) in [6.07, 6.45) is 1.45. The molecular weight excluding hydrogens is 352 g/mol. The van der Waals surface area contributed by atoms with E-state index >= 15 is 0 Å². The number of fused-ring (bicyclic) bond motifs is 1. The number of carbonyl (C=O) groups excluding carboxylic acids is 2. The largest absolute Gasteiger partial charge is 0.303 e. The molecular formula is C19H20N2O4S. The minimum atomic E-state index is -3.99. The van der Waals surface area contributed by atoms with Crippen LogP contribution in [0.4, 0.5) is 5.69 Å². The zero-order valence-electron chi connectivity index (χ0n) is 14.4. The Morgan fingerprint density at radius 1 is 1.08 bits per heavy atom. The van der Waals surface area contributed by atoms with E-state index in [-0.39, 0.29) is 17.3 Å². The number of aryl methyl sites for hydroxylation is 2. The van der Waals surface area contributed by atoms with Gasteiger partial charge in [-0.3, -0.25) is 9.59 Å². The second-order valence-electron chi connectivity index (χ2n) is 6.10. The minimum Gasteiger partial charge on any atom is -0.303 e. The third-order valence-electron chi connectivity index (χ3n) is 4.38. The van der Waals surface area contributed by atoms with Crippen molar-refractivity contribution in [1.29, 1.82) is 0 Å². The van der Waals surface area contributed by atoms with Gasteiger partial charge in [0.25, 0.3) is 15.9 Å². The van der Waals surface area contributed by atoms with Crippen LogP contribution < -0.4 is 9.62 Å². The summed E-state index contributed by atoms with van der Waals surface area (Å²) in [6.45, 7) is 1.52. The van der Waals surface area contributed by atoms with Crippen molar-refractivity contribution >= 4 is 27.5 Å². The maximum absolute atomic E-state index is 12.6. The van der Waals surface area contributed by atoms with Crippen molar-refractivity contribution in [3.8, 4) is 0 Å². The highest BCUT2D eigenvalue weighted by Crippen LogP contribution is 2.27. The van der Waals surface area contributed by atoms with Crippen LogP contribution in [0.3, 0.4) is 0 Å². The van der Waals surface area contributed by atoms with Gasteiger partial charge in [0.15, 0.2) is 0 Å². The van der Waals surface area contributed by atoms with Crippen LogP contribution in [0, 0.1) is 0 Å². The first kappa shape index (κ1) is 18.1. The number of nitrogens with zero attached hydrogens (tertiary/aromatic N) is 1. The van der Waals surface area contributed by atoms with E-state index < -0.39 is 15.9 Å². The van der Waals surface area contributed by atoms with Crippen molar-refractivity contribution in [1.82, 2.24) is 4.72 Å². The second-order valence-corrected chi connectivity index (χ2v) is 7.75. The number of hydrogen-bond donors (Lipinski definition) is 1. The molecule has 2 aromatic carbocycles. The van der Waals surface area contributed by atoms with E-state index in [2.05, 4.69) is 4.72 Å². The van der Waals surface area contributed by atoms with Gasteiger partial charge in [-0.25, -0.2) is 13.1 Å². The molecule has 0 atom stereocenters. The maximum atomic E-state index is 12.6. The molecule has 0 aliphatic carbocycles. The second kappa shape index (κ2) is 7.29. The van der Waals surface area contributed by atoms with E-state index in [0.717, 1.165) is 5.56 Å². The summed E-state index contributed by atoms with van der Waals surface area (Å²) in [4.78, 5) is 26.0. The molecule has 1 heterocycles. The minimum absolute atomic E-state index is 0.0845. The Kier molecular flexibility index (Phi) is 5.08. The Morgan fingerprint density at radius 2 is 1.77 bits per heavy atom. The van der Waals surface area contributed by atoms with Gasteiger partial charge < -0.3 is 4.90 Å². The predicted molar refractivity (Wildman–Crippen MR) is 98.3 cm³/mol. The summed E-state index contributed by atoms with van der Waals surface area (Å²) in [6, 6.07) is 13.9. The lowest BCUT2D eigenvalue weighted by Gasteiger charge is -2.28. The SMILES string of the molecule is CCc1ccccc1S(=O)(=O)NC(=O)CN1C(=O)CCc2ccccc21. The normalized spacial score (nSPS) is 14.0. The van der Waals surface area contributed by atoms with Crippen molar-refractivity contribution in [2.75, 3.05) is 11.4 Å². The van der Waals surface area contributed by atoms with Crippen molar-refractivity contribution < 1.29 is 18.0 Å². The highest BCUT2D eigenvalue weighted by atomic mass is 32.2. The molecule has 0 saturated carbocycles. The molecule has 6 nitrogen and oxygen atoms in total. The zero-order chi connectivity index (χ0) is 18.7. The van der Waals surface area contributed by atoms with Gasteiger partial charge in [0, 0.05) is 12.1 Å². The predicted octanol–water partition coefficient (Wildman–Crippen LogP) is 2.03. The van der Waals surface area contributed by atoms with Crippen molar-refractivity contribution in [3.63, 3.8) is 0 Å². The van der Waals surface area contributed by atoms with Crippen LogP contribution in [0.1, 0.15) is 24.5 Å². The Hall–Kier alpha value is -2.67. The molecule has 1 aliphatic rings. The van der Waals surface area contributed by atoms with Crippen LogP contribution in [-0.4, -0.2) is 26.8 Å². The lowest BCUT2D eigenvalue weighted by Crippen LogP contribution is -2.44. The summed E-state index contributed by atoms with van der Waals surface area (Å²) in [5, 5.41) is 0. The fourth-order valence-corrected chi connectivity index (χ4v) is 4.40. The van der Waals surface area contributed by atoms with E-state index in [0.29, 0.717) is 30.5 Å². The Balaban J connectivity index is 1.80. The number of para-hydroxylation sites is 1. The van der Waals surface area contributed by atoms with E-state index in [1.165, 1.54) is 11.0 Å². The lowest BCUT2D eigenvalue weighted by atomic mass is 10.0. The molecule has 0 fully saturated rings. The fraction of sp³-hybridized carbons (Fsp3) is 0.263. The third-order valence-corrected chi connectivity index (χ3v) is 5.86. The third kappa shape index (κ3) is 3.62. The molecule has 7 heteroatoms. The molecule has 0 radical (unpaired) electrons. The monoisotopic (exact) mass is 372 g/mol. The van der Waals surface area contributed by atoms with Gasteiger partial charge in [-0.15, -0.1) is 0 Å². The molecule has 26 heavy (non-hydrogen) atoms. The first-order valence-corrected chi connectivity index (χ1v) is 9.92. The van der Waals surface area contributed by atoms with Gasteiger partial charge in [0.05, 0.1) is 4.90 Å². The summed E-state index contributed by atoms with van der Waals surface area (Å²) in [7, 11) is -3.99. The van der Waals surface area contributed by atoms with Gasteiger partial charge in [0.2, 0.25) is 5.91 Å². The van der Waals surface area contributed by atoms with Crippen LogP contribution in [0.25, 0.3) is 0 Å². The molecule has 0 bridgehead atoms. The maximum Gasteiger partial charge on any atom is 0.264 e. The number of carbonyl (C=O) groups is 2. The topological polar surface area (TPSA) is 83.6 Å². The van der Waals surface area contributed by atoms with Crippen LogP contribution >= 0.6 is 0 Å². The van der Waals surface area contributed by atoms with E-state index in [1.54, 1.807) is 30.3 Å². The van der Waals surface area contributed by atoms with Gasteiger partial charge in [0.1, 0.15) is 6.54 Å². The Bertz CT molecular complexity index is 954. The Morgan fingerprint density at radius 3 is 2.54 bits per heavy atom. The molecule has 136 valence electrons. The van der Waals surface area contributed by atoms with Crippen LogP contribution in [0.5, 0.6) is 0 Å². The van der Waals surface area contributed by atoms with Crippen molar-refractivity contribution in [2.24, 2.45) is 0 Å². The first-order chi connectivity index (χ1) is 12.4. The Labute approximate surface area is 152 Å². The molecule has 0 spiro atoms. The number of amides is 2. The number of hydrogen-bond acceptors (Lipinski definition) is 4. The van der Waals surface area contributed by atoms with Crippen LogP contribution in [0.15, 0.2) is 53.4 Å². The number of rotatable bonds is 5. The van der Waals surface area contributed by atoms with Crippen LogP contribution in [0.2, 0.25) is 0 Å². The number of benzene rings is 2. The van der Waals surface area contributed by atoms with E-state index in [9.17, 15) is 18.0 Å². The molecule has 0 aromatic heterocycles. The van der Waals surface area contributed by atoms with Gasteiger partial charge in [-0.05, 0) is 36.1 Å². The standard InChI is InChI=1S/C19H20N2O4S/c1-2-14-7-4-6-10-17(14)26(24,25)20-18(22)13-21-16-9-5-3-8-15(16)11-12-19(21)23/h3-10H,2,11-13H2,1H3,(H,20,22). The molecule has 1 N–H and O–H groups in total. The molecule has 2 amide bonds. The lowest BCUT2D eigenvalue weighted by molar-refractivity contribution is -0.123. The number of anilines is 1. The summed E-state index contributed by atoms with van der Waals surface area (Å²) in [5.74, 6) is -0.925.